The Balaban J connectivity index is 1.89. The van der Waals surface area contributed by atoms with Gasteiger partial charge in [-0.3, -0.25) is 9.97 Å². The minimum Gasteiger partial charge on any atom is -0.264 e. The molecule has 134 valence electrons. The second-order valence-electron chi connectivity index (χ2n) is 6.61. The zero-order valence-corrected chi connectivity index (χ0v) is 15.3. The van der Waals surface area contributed by atoms with Crippen LogP contribution in [-0.2, 0) is 0 Å². The molecule has 0 amide bonds. The van der Waals surface area contributed by atoms with Gasteiger partial charge in [-0.25, -0.2) is 0 Å². The van der Waals surface area contributed by atoms with Crippen molar-refractivity contribution in [3.8, 4) is 17.2 Å². The van der Waals surface area contributed by atoms with Crippen LogP contribution in [0.3, 0.4) is 0 Å². The molecule has 2 aromatic heterocycles. The fourth-order valence-corrected chi connectivity index (χ4v) is 3.67. The van der Waals surface area contributed by atoms with Gasteiger partial charge in [0.15, 0.2) is 0 Å². The van der Waals surface area contributed by atoms with Crippen molar-refractivity contribution in [2.24, 2.45) is 0 Å². The molecule has 4 rings (SSSR count). The third kappa shape index (κ3) is 3.54. The molecule has 3 nitrogen and oxygen atoms in total. The van der Waals surface area contributed by atoms with Crippen LogP contribution in [0.1, 0.15) is 28.5 Å². The van der Waals surface area contributed by atoms with E-state index in [0.717, 1.165) is 27.8 Å². The van der Waals surface area contributed by atoms with Gasteiger partial charge in [-0.2, -0.15) is 5.26 Å². The molecule has 0 aliphatic heterocycles. The molecule has 0 saturated heterocycles. The summed E-state index contributed by atoms with van der Waals surface area (Å²) in [5, 5.41) is 10.3. The number of pyridine rings is 2. The van der Waals surface area contributed by atoms with Gasteiger partial charge < -0.3 is 0 Å². The van der Waals surface area contributed by atoms with Gasteiger partial charge in [0.25, 0.3) is 0 Å². The standard InChI is InChI=1S/C25H19N3/c26-16-24(23-13-5-4-12-22(23)19-8-2-1-3-9-19)25(20-10-6-14-27-17-20)21-11-7-15-28-18-21/h1-15,17-18,24-25H. The Bertz CT molecular complexity index is 1030. The average molecular weight is 361 g/mol. The van der Waals surface area contributed by atoms with Gasteiger partial charge in [0, 0.05) is 30.7 Å². The first kappa shape index (κ1) is 17.6. The topological polar surface area (TPSA) is 49.6 Å². The summed E-state index contributed by atoms with van der Waals surface area (Å²) in [6.45, 7) is 0. The fraction of sp³-hybridized carbons (Fsp3) is 0.0800. The monoisotopic (exact) mass is 361 g/mol. The molecule has 0 aliphatic rings. The van der Waals surface area contributed by atoms with Gasteiger partial charge in [-0.15, -0.1) is 0 Å². The van der Waals surface area contributed by atoms with Crippen molar-refractivity contribution in [2.45, 2.75) is 11.8 Å². The van der Waals surface area contributed by atoms with Gasteiger partial charge >= 0.3 is 0 Å². The molecule has 28 heavy (non-hydrogen) atoms. The summed E-state index contributed by atoms with van der Waals surface area (Å²) in [6, 6.07) is 28.8. The first-order valence-corrected chi connectivity index (χ1v) is 9.22. The number of rotatable bonds is 5. The first-order chi connectivity index (χ1) is 13.9. The zero-order chi connectivity index (χ0) is 19.2. The normalized spacial score (nSPS) is 11.7. The maximum Gasteiger partial charge on any atom is 0.0828 e. The van der Waals surface area contributed by atoms with Crippen LogP contribution in [0.4, 0.5) is 0 Å². The molecule has 0 bridgehead atoms. The summed E-state index contributed by atoms with van der Waals surface area (Å²) in [5.74, 6) is -0.526. The van der Waals surface area contributed by atoms with E-state index in [4.69, 9.17) is 0 Å². The van der Waals surface area contributed by atoms with Crippen molar-refractivity contribution in [1.82, 2.24) is 9.97 Å². The molecule has 0 radical (unpaired) electrons. The number of hydrogen-bond donors (Lipinski definition) is 0. The largest absolute Gasteiger partial charge is 0.264 e. The quantitative estimate of drug-likeness (QED) is 0.466. The van der Waals surface area contributed by atoms with E-state index in [0.29, 0.717) is 0 Å². The Morgan fingerprint density at radius 1 is 0.679 bits per heavy atom. The van der Waals surface area contributed by atoms with Crippen LogP contribution >= 0.6 is 0 Å². The lowest BCUT2D eigenvalue weighted by Gasteiger charge is -2.25. The van der Waals surface area contributed by atoms with Crippen molar-refractivity contribution in [1.29, 1.82) is 5.26 Å². The third-order valence-corrected chi connectivity index (χ3v) is 4.94. The predicted octanol–water partition coefficient (Wildman–Crippen LogP) is 5.58. The van der Waals surface area contributed by atoms with Crippen molar-refractivity contribution in [2.75, 3.05) is 0 Å². The van der Waals surface area contributed by atoms with Gasteiger partial charge in [0.05, 0.1) is 12.0 Å². The van der Waals surface area contributed by atoms with Crippen LogP contribution < -0.4 is 0 Å². The number of hydrogen-bond acceptors (Lipinski definition) is 3. The lowest BCUT2D eigenvalue weighted by Crippen LogP contribution is -2.13. The molecule has 0 saturated carbocycles. The Hall–Kier alpha value is -3.77. The van der Waals surface area contributed by atoms with Gasteiger partial charge in [-0.05, 0) is 39.9 Å². The van der Waals surface area contributed by atoms with Crippen molar-refractivity contribution < 1.29 is 0 Å². The molecule has 2 aromatic carbocycles. The van der Waals surface area contributed by atoms with Gasteiger partial charge in [-0.1, -0.05) is 66.7 Å². The lowest BCUT2D eigenvalue weighted by molar-refractivity contribution is 0.720. The van der Waals surface area contributed by atoms with Crippen LogP contribution in [0.25, 0.3) is 11.1 Å². The van der Waals surface area contributed by atoms with E-state index in [1.54, 1.807) is 12.4 Å². The molecular weight excluding hydrogens is 342 g/mol. The smallest absolute Gasteiger partial charge is 0.0828 e. The molecule has 2 heterocycles. The fourth-order valence-electron chi connectivity index (χ4n) is 3.67. The molecule has 3 heteroatoms. The molecule has 0 spiro atoms. The zero-order valence-electron chi connectivity index (χ0n) is 15.3. The van der Waals surface area contributed by atoms with Crippen LogP contribution in [0, 0.1) is 11.3 Å². The van der Waals surface area contributed by atoms with E-state index in [2.05, 4.69) is 40.3 Å². The Labute approximate surface area is 165 Å². The van der Waals surface area contributed by atoms with Crippen LogP contribution in [-0.4, -0.2) is 9.97 Å². The van der Waals surface area contributed by atoms with E-state index in [1.165, 1.54) is 0 Å². The number of nitriles is 1. The summed E-state index contributed by atoms with van der Waals surface area (Å²) in [4.78, 5) is 8.58. The van der Waals surface area contributed by atoms with E-state index >= 15 is 0 Å². The van der Waals surface area contributed by atoms with Crippen LogP contribution in [0.5, 0.6) is 0 Å². The maximum atomic E-state index is 10.3. The van der Waals surface area contributed by atoms with Crippen LogP contribution in [0.2, 0.25) is 0 Å². The Kier molecular flexibility index (Phi) is 5.22. The second-order valence-corrected chi connectivity index (χ2v) is 6.61. The lowest BCUT2D eigenvalue weighted by atomic mass is 9.77. The number of benzene rings is 2. The highest BCUT2D eigenvalue weighted by molar-refractivity contribution is 5.69. The maximum absolute atomic E-state index is 10.3. The first-order valence-electron chi connectivity index (χ1n) is 9.22. The summed E-state index contributed by atoms with van der Waals surface area (Å²) in [6.07, 6.45) is 7.19. The molecule has 0 N–H and O–H groups in total. The molecule has 4 aromatic rings. The molecule has 1 unspecified atom stereocenters. The molecule has 0 aliphatic carbocycles. The van der Waals surface area contributed by atoms with Crippen molar-refractivity contribution in [3.63, 3.8) is 0 Å². The minimum atomic E-state index is -0.371. The predicted molar refractivity (Wildman–Crippen MR) is 111 cm³/mol. The highest BCUT2D eigenvalue weighted by Gasteiger charge is 2.28. The number of aromatic nitrogens is 2. The molecular formula is C25H19N3. The number of nitrogens with zero attached hydrogens (tertiary/aromatic N) is 3. The van der Waals surface area contributed by atoms with Crippen LogP contribution in [0.15, 0.2) is 104 Å². The summed E-state index contributed by atoms with van der Waals surface area (Å²) >= 11 is 0. The van der Waals surface area contributed by atoms with E-state index in [-0.39, 0.29) is 11.8 Å². The minimum absolute atomic E-state index is 0.155. The van der Waals surface area contributed by atoms with Gasteiger partial charge in [0.2, 0.25) is 0 Å². The van der Waals surface area contributed by atoms with E-state index in [9.17, 15) is 5.26 Å². The van der Waals surface area contributed by atoms with Crippen molar-refractivity contribution >= 4 is 0 Å². The Morgan fingerprint density at radius 2 is 1.29 bits per heavy atom. The summed E-state index contributed by atoms with van der Waals surface area (Å²) in [5.41, 5.74) is 5.20. The van der Waals surface area contributed by atoms with E-state index < -0.39 is 0 Å². The Morgan fingerprint density at radius 3 is 1.86 bits per heavy atom. The SMILES string of the molecule is N#CC(c1ccccc1-c1ccccc1)C(c1cccnc1)c1cccnc1. The molecule has 0 fully saturated rings. The second kappa shape index (κ2) is 8.28. The summed E-state index contributed by atoms with van der Waals surface area (Å²) < 4.78 is 0. The molecule has 1 atom stereocenters. The average Bonchev–Trinajstić information content (AvgIpc) is 2.79. The van der Waals surface area contributed by atoms with Crippen molar-refractivity contribution in [3.05, 3.63) is 120 Å². The highest BCUT2D eigenvalue weighted by Crippen LogP contribution is 2.41. The van der Waals surface area contributed by atoms with E-state index in [1.807, 2.05) is 67.0 Å². The highest BCUT2D eigenvalue weighted by atomic mass is 14.6. The van der Waals surface area contributed by atoms with Gasteiger partial charge in [0.1, 0.15) is 0 Å². The third-order valence-electron chi connectivity index (χ3n) is 4.94. The summed E-state index contributed by atoms with van der Waals surface area (Å²) in [7, 11) is 0.